The summed E-state index contributed by atoms with van der Waals surface area (Å²) in [5.41, 5.74) is 15.0. The number of nitrogens with two attached hydrogens (primary N) is 2. The van der Waals surface area contributed by atoms with Gasteiger partial charge in [0.05, 0.1) is 29.9 Å². The number of aliphatic hydroxyl groups excluding tert-OH is 1. The lowest BCUT2D eigenvalue weighted by Crippen LogP contribution is -2.60. The predicted octanol–water partition coefficient (Wildman–Crippen LogP) is 0.353. The van der Waals surface area contributed by atoms with Crippen LogP contribution in [0.3, 0.4) is 0 Å². The molecule has 5 heterocycles. The van der Waals surface area contributed by atoms with Crippen LogP contribution in [0, 0.1) is 0 Å². The smallest absolute Gasteiger partial charge is 0.403 e. The van der Waals surface area contributed by atoms with Crippen molar-refractivity contribution in [3.8, 4) is 11.1 Å². The molecular weight excluding hydrogens is 859 g/mol. The van der Waals surface area contributed by atoms with Gasteiger partial charge in [-0.05, 0) is 81.7 Å². The molecule has 362 valence electrons. The van der Waals surface area contributed by atoms with Crippen molar-refractivity contribution >= 4 is 42.6 Å². The van der Waals surface area contributed by atoms with Gasteiger partial charge in [-0.2, -0.15) is 0 Å². The van der Waals surface area contributed by atoms with Crippen molar-refractivity contribution < 1.29 is 38.4 Å². The minimum atomic E-state index is -1.54. The summed E-state index contributed by atoms with van der Waals surface area (Å²) in [6.45, 7) is 9.71. The van der Waals surface area contributed by atoms with Crippen molar-refractivity contribution in [2.24, 2.45) is 16.5 Å². The number of fused-ring (bicyclic) bond motifs is 6. The highest BCUT2D eigenvalue weighted by molar-refractivity contribution is 6.47. The second-order valence-corrected chi connectivity index (χ2v) is 17.9. The number of amides is 5. The van der Waals surface area contributed by atoms with Crippen molar-refractivity contribution in [3.05, 3.63) is 71.5 Å². The molecule has 9 atom stereocenters. The average Bonchev–Trinajstić information content (AvgIpc) is 4.03. The Morgan fingerprint density at radius 3 is 2.25 bits per heavy atom. The Hall–Kier alpha value is -5.90. The van der Waals surface area contributed by atoms with E-state index in [2.05, 4.69) is 78.0 Å². The van der Waals surface area contributed by atoms with Crippen LogP contribution in [0.15, 0.2) is 59.7 Å². The first-order valence-electron chi connectivity index (χ1n) is 23.5. The van der Waals surface area contributed by atoms with Crippen molar-refractivity contribution in [1.82, 2.24) is 46.5 Å². The van der Waals surface area contributed by atoms with Gasteiger partial charge in [0.25, 0.3) is 5.91 Å². The fourth-order valence-electron chi connectivity index (χ4n) is 8.46. The number of carbonyl (C=O) groups excluding carboxylic acids is 5. The van der Waals surface area contributed by atoms with Gasteiger partial charge in [-0.15, -0.1) is 5.10 Å². The van der Waals surface area contributed by atoms with Crippen LogP contribution in [0.1, 0.15) is 94.3 Å². The quantitative estimate of drug-likeness (QED) is 0.0349. The zero-order valence-electron chi connectivity index (χ0n) is 39.0. The van der Waals surface area contributed by atoms with Crippen molar-refractivity contribution in [2.75, 3.05) is 26.2 Å². The lowest BCUT2D eigenvalue weighted by atomic mass is 9.79. The molecule has 21 heteroatoms. The number of carbonyl (C=O) groups is 5. The van der Waals surface area contributed by atoms with Crippen LogP contribution in [0.2, 0.25) is 0 Å². The molecule has 1 unspecified atom stereocenters. The summed E-state index contributed by atoms with van der Waals surface area (Å²) in [7, 11) is -0.673. The van der Waals surface area contributed by atoms with E-state index in [1.807, 2.05) is 12.1 Å². The molecule has 0 aliphatic carbocycles. The number of benzene rings is 2. The Morgan fingerprint density at radius 2 is 1.60 bits per heavy atom. The fourth-order valence-corrected chi connectivity index (χ4v) is 8.46. The third-order valence-corrected chi connectivity index (χ3v) is 12.3. The standard InChI is InChI=1S/C46H67BN12O8/c1-5-6-7-8-11-31-13-15-32(16-14-31)33-17-19-34(20-18-33)42(62)53-36(12-9-21-50-46(48)49)43(63)55-40(29(3)60)45(65)51-28(2)41(61)54-37-24-35-25-59(57-56-35)23-10-22-58-26-38-39(27-58)67-47(66-38)30(4)52-44(37)64/h13-20,25,28-30,36-40,60H,5-12,21-24,26-27H2,1-4H3,(H,51,65)(H,52,64)(H,53,62)(H,54,61)(H,55,63)(H4,48,49,50)/t28-,29+,30-,36-,37-,38-,39+,40-/m0/s1. The molecule has 2 saturated heterocycles. The van der Waals surface area contributed by atoms with Gasteiger partial charge in [0.15, 0.2) is 5.96 Å². The lowest BCUT2D eigenvalue weighted by molar-refractivity contribution is -0.135. The lowest BCUT2D eigenvalue weighted by Gasteiger charge is -2.27. The predicted molar refractivity (Wildman–Crippen MR) is 252 cm³/mol. The summed E-state index contributed by atoms with van der Waals surface area (Å²) in [4.78, 5) is 74.9. The molecule has 4 aliphatic rings. The van der Waals surface area contributed by atoms with E-state index in [0.29, 0.717) is 17.8 Å². The number of hydrogen-bond donors (Lipinski definition) is 8. The summed E-state index contributed by atoms with van der Waals surface area (Å²) in [6, 6.07) is 10.3. The number of nitrogens with zero attached hydrogens (tertiary/aromatic N) is 5. The van der Waals surface area contributed by atoms with E-state index in [1.54, 1.807) is 29.9 Å². The second kappa shape index (κ2) is 24.2. The normalized spacial score (nSPS) is 22.2. The number of aliphatic imine (C=N–C) groups is 1. The molecule has 3 aromatic rings. The van der Waals surface area contributed by atoms with Gasteiger partial charge in [0.2, 0.25) is 23.6 Å². The van der Waals surface area contributed by atoms with E-state index >= 15 is 0 Å². The van der Waals surface area contributed by atoms with E-state index in [-0.39, 0.29) is 44.0 Å². The van der Waals surface area contributed by atoms with Gasteiger partial charge in [0.1, 0.15) is 24.2 Å². The van der Waals surface area contributed by atoms with Gasteiger partial charge in [-0.1, -0.05) is 67.8 Å². The Labute approximate surface area is 392 Å². The fraction of sp³-hybridized carbons (Fsp3) is 0.565. The maximum atomic E-state index is 13.9. The molecule has 20 nitrogen and oxygen atoms in total. The number of aryl methyl sites for hydroxylation is 2. The molecule has 0 radical (unpaired) electrons. The Morgan fingerprint density at radius 1 is 0.910 bits per heavy atom. The van der Waals surface area contributed by atoms with E-state index < -0.39 is 72.9 Å². The van der Waals surface area contributed by atoms with Crippen molar-refractivity contribution in [2.45, 2.75) is 140 Å². The molecule has 6 bridgehead atoms. The first-order valence-corrected chi connectivity index (χ1v) is 23.5. The maximum absolute atomic E-state index is 13.9. The summed E-state index contributed by atoms with van der Waals surface area (Å²) < 4.78 is 14.0. The summed E-state index contributed by atoms with van der Waals surface area (Å²) in [5.74, 6) is -4.10. The number of unbranched alkanes of at least 4 members (excludes halogenated alkanes) is 3. The van der Waals surface area contributed by atoms with Crippen LogP contribution < -0.4 is 38.1 Å². The molecule has 0 saturated carbocycles. The summed E-state index contributed by atoms with van der Waals surface area (Å²) >= 11 is 0. The van der Waals surface area contributed by atoms with Crippen LogP contribution in [0.5, 0.6) is 0 Å². The molecule has 0 spiro atoms. The highest BCUT2D eigenvalue weighted by Crippen LogP contribution is 2.27. The molecule has 2 aromatic carbocycles. The van der Waals surface area contributed by atoms with Crippen molar-refractivity contribution in [1.29, 1.82) is 0 Å². The van der Waals surface area contributed by atoms with Crippen molar-refractivity contribution in [3.63, 3.8) is 0 Å². The van der Waals surface area contributed by atoms with Crippen LogP contribution in [0.4, 0.5) is 0 Å². The topological polar surface area (TPSA) is 283 Å². The third kappa shape index (κ3) is 14.5. The SMILES string of the molecule is CCCCCCc1ccc(-c2ccc(C(=O)N[C@@H](CCCN=C(N)N)C(=O)N[C@H](C(=O)N[C@@H](C)C(=O)N[C@H]3Cc4cn(nn4)CCCN4C[C@@H]5OB(O[C@@H]5C4)[C@H](C)NC3=O)[C@@H](C)O)cc2)cc1. The van der Waals surface area contributed by atoms with Gasteiger partial charge < -0.3 is 52.5 Å². The minimum Gasteiger partial charge on any atom is -0.403 e. The Bertz CT molecular complexity index is 2160. The van der Waals surface area contributed by atoms with Crippen LogP contribution >= 0.6 is 0 Å². The molecule has 7 rings (SSSR count). The van der Waals surface area contributed by atoms with Crippen LogP contribution in [-0.2, 0) is 47.9 Å². The Balaban J connectivity index is 1.07. The number of guanidine groups is 1. The second-order valence-electron chi connectivity index (χ2n) is 17.9. The molecule has 67 heavy (non-hydrogen) atoms. The molecule has 2 fully saturated rings. The van der Waals surface area contributed by atoms with Gasteiger partial charge in [-0.3, -0.25) is 38.5 Å². The average molecular weight is 927 g/mol. The Kier molecular flexibility index (Phi) is 18.3. The number of aromatic nitrogens is 3. The van der Waals surface area contributed by atoms with E-state index in [4.69, 9.17) is 20.8 Å². The number of nitrogens with one attached hydrogen (secondary N) is 5. The largest absolute Gasteiger partial charge is 0.481 e. The van der Waals surface area contributed by atoms with Gasteiger partial charge >= 0.3 is 7.12 Å². The van der Waals surface area contributed by atoms with Crippen LogP contribution in [0.25, 0.3) is 11.1 Å². The number of rotatable bonds is 19. The maximum Gasteiger partial charge on any atom is 0.481 e. The molecular formula is C46H67BN12O8. The minimum absolute atomic E-state index is 0.00535. The van der Waals surface area contributed by atoms with E-state index in [0.717, 1.165) is 50.0 Å². The van der Waals surface area contributed by atoms with Crippen LogP contribution in [-0.4, -0.2) is 142 Å². The number of aliphatic hydroxyl groups is 1. The van der Waals surface area contributed by atoms with Gasteiger partial charge in [-0.25, -0.2) is 0 Å². The monoisotopic (exact) mass is 927 g/mol. The molecule has 1 aromatic heterocycles. The third-order valence-electron chi connectivity index (χ3n) is 12.3. The van der Waals surface area contributed by atoms with Gasteiger partial charge in [0, 0.05) is 50.9 Å². The molecule has 10 N–H and O–H groups in total. The zero-order valence-corrected chi connectivity index (χ0v) is 39.0. The molecule has 5 amide bonds. The number of hydrogen-bond acceptors (Lipinski definition) is 12. The zero-order chi connectivity index (χ0) is 48.0. The first kappa shape index (κ1) is 50.5. The van der Waals surface area contributed by atoms with E-state index in [1.165, 1.54) is 38.7 Å². The van der Waals surface area contributed by atoms with E-state index in [9.17, 15) is 29.1 Å². The highest BCUT2D eigenvalue weighted by Gasteiger charge is 2.48. The highest BCUT2D eigenvalue weighted by atomic mass is 16.7. The summed E-state index contributed by atoms with van der Waals surface area (Å²) in [5, 5.41) is 32.7. The first-order chi connectivity index (χ1) is 32.2. The molecule has 4 aliphatic heterocycles. The summed E-state index contributed by atoms with van der Waals surface area (Å²) in [6.07, 6.45) is 7.07.